The molecule has 8 nitrogen and oxygen atoms in total. The average Bonchev–Trinajstić information content (AvgIpc) is 3.49. The van der Waals surface area contributed by atoms with Crippen LogP contribution in [0.25, 0.3) is 0 Å². The van der Waals surface area contributed by atoms with Crippen molar-refractivity contribution in [1.82, 2.24) is 9.80 Å². The van der Waals surface area contributed by atoms with Crippen LogP contribution in [-0.2, 0) is 23.9 Å². The molecule has 4 rings (SSSR count). The number of aliphatic hydroxyl groups is 1. The maximum atomic E-state index is 14.2. The highest BCUT2D eigenvalue weighted by Crippen LogP contribution is 2.60. The molecule has 188 valence electrons. The number of carbonyl (C=O) groups is 3. The fraction of sp³-hybridized carbons (Fsp3) is 0.519. The summed E-state index contributed by atoms with van der Waals surface area (Å²) in [5.41, 5.74) is -0.453. The number of likely N-dealkylation sites (tertiary alicyclic amines) is 1. The fourth-order valence-electron chi connectivity index (χ4n) is 6.09. The summed E-state index contributed by atoms with van der Waals surface area (Å²) in [6.07, 6.45) is 3.66. The summed E-state index contributed by atoms with van der Waals surface area (Å²) < 4.78 is 11.8. The van der Waals surface area contributed by atoms with Crippen LogP contribution in [0, 0.1) is 11.8 Å². The standard InChI is InChI=1S/C27H34N2O6/c1-5-14-28(17(3)4)25(32)23-27-13-12-20(35-27)21(26(33)34-15-6-2)22(27)24(31)29(23)19(16-30)18-10-8-7-9-11-18/h5-11,17,19-23,30H,1-2,12-16H2,3-4H3/t19-,20+,21-,22+,23?,27?/m1/s1. The Kier molecular flexibility index (Phi) is 7.15. The lowest BCUT2D eigenvalue weighted by Crippen LogP contribution is -2.58. The van der Waals surface area contributed by atoms with E-state index in [4.69, 9.17) is 9.47 Å². The molecule has 1 aromatic rings. The van der Waals surface area contributed by atoms with Crippen LogP contribution in [0.3, 0.4) is 0 Å². The first-order valence-corrected chi connectivity index (χ1v) is 12.2. The summed E-state index contributed by atoms with van der Waals surface area (Å²) in [4.78, 5) is 44.4. The number of amides is 2. The van der Waals surface area contributed by atoms with E-state index in [1.807, 2.05) is 44.2 Å². The van der Waals surface area contributed by atoms with E-state index in [0.717, 1.165) is 0 Å². The quantitative estimate of drug-likeness (QED) is 0.406. The second kappa shape index (κ2) is 9.95. The van der Waals surface area contributed by atoms with Crippen LogP contribution < -0.4 is 0 Å². The Morgan fingerprint density at radius 3 is 2.60 bits per heavy atom. The van der Waals surface area contributed by atoms with Crippen LogP contribution in [0.4, 0.5) is 0 Å². The Bertz CT molecular complexity index is 995. The summed E-state index contributed by atoms with van der Waals surface area (Å²) >= 11 is 0. The van der Waals surface area contributed by atoms with E-state index in [9.17, 15) is 19.5 Å². The summed E-state index contributed by atoms with van der Waals surface area (Å²) in [5, 5.41) is 10.5. The largest absolute Gasteiger partial charge is 0.461 e. The lowest BCUT2D eigenvalue weighted by atomic mass is 9.70. The van der Waals surface area contributed by atoms with Crippen molar-refractivity contribution < 1.29 is 29.0 Å². The molecule has 2 unspecified atom stereocenters. The van der Waals surface area contributed by atoms with Gasteiger partial charge in [-0.1, -0.05) is 49.1 Å². The van der Waals surface area contributed by atoms with Gasteiger partial charge in [0, 0.05) is 12.6 Å². The van der Waals surface area contributed by atoms with Gasteiger partial charge < -0.3 is 24.4 Å². The zero-order valence-corrected chi connectivity index (χ0v) is 20.3. The Morgan fingerprint density at radius 1 is 1.29 bits per heavy atom. The fourth-order valence-corrected chi connectivity index (χ4v) is 6.09. The number of carbonyl (C=O) groups excluding carboxylic acids is 3. The molecule has 8 heteroatoms. The normalized spacial score (nSPS) is 29.7. The summed E-state index contributed by atoms with van der Waals surface area (Å²) in [6, 6.07) is 7.24. The number of esters is 1. The topological polar surface area (TPSA) is 96.4 Å². The minimum absolute atomic E-state index is 0.0335. The van der Waals surface area contributed by atoms with Crippen molar-refractivity contribution in [3.63, 3.8) is 0 Å². The smallest absolute Gasteiger partial charge is 0.312 e. The first-order valence-electron chi connectivity index (χ1n) is 12.2. The number of fused-ring (bicyclic) bond motifs is 1. The molecule has 3 saturated heterocycles. The molecule has 3 aliphatic heterocycles. The number of rotatable bonds is 10. The lowest BCUT2D eigenvalue weighted by Gasteiger charge is -2.40. The number of nitrogens with zero attached hydrogens (tertiary/aromatic N) is 2. The van der Waals surface area contributed by atoms with Gasteiger partial charge in [0.2, 0.25) is 11.8 Å². The molecule has 35 heavy (non-hydrogen) atoms. The first-order chi connectivity index (χ1) is 16.8. The molecule has 3 fully saturated rings. The highest BCUT2D eigenvalue weighted by molar-refractivity contribution is 5.98. The maximum absolute atomic E-state index is 14.2. The maximum Gasteiger partial charge on any atom is 0.312 e. The van der Waals surface area contributed by atoms with Crippen LogP contribution in [-0.4, -0.2) is 76.2 Å². The number of benzene rings is 1. The summed E-state index contributed by atoms with van der Waals surface area (Å²) in [5.74, 6) is -2.82. The molecule has 3 aliphatic rings. The second-order valence-corrected chi connectivity index (χ2v) is 9.70. The zero-order chi connectivity index (χ0) is 25.3. The highest BCUT2D eigenvalue weighted by atomic mass is 16.6. The van der Waals surface area contributed by atoms with Crippen LogP contribution in [0.5, 0.6) is 0 Å². The molecule has 1 spiro atoms. The molecule has 0 saturated carbocycles. The van der Waals surface area contributed by atoms with Gasteiger partial charge in [0.05, 0.1) is 30.6 Å². The van der Waals surface area contributed by atoms with Crippen molar-refractivity contribution in [3.05, 3.63) is 61.2 Å². The monoisotopic (exact) mass is 482 g/mol. The van der Waals surface area contributed by atoms with E-state index in [1.165, 1.54) is 11.0 Å². The molecular weight excluding hydrogens is 448 g/mol. The predicted molar refractivity (Wildman–Crippen MR) is 129 cm³/mol. The van der Waals surface area contributed by atoms with E-state index in [0.29, 0.717) is 24.9 Å². The number of aliphatic hydroxyl groups excluding tert-OH is 1. The molecule has 2 bridgehead atoms. The van der Waals surface area contributed by atoms with Crippen LogP contribution in [0.1, 0.15) is 38.3 Å². The minimum atomic E-state index is -1.16. The molecular formula is C27H34N2O6. The SMILES string of the molecule is C=CCOC(=O)[C@@H]1[C@@H]2CCC3(O2)C(C(=O)N(CC=C)C(C)C)N([C@H](CO)c2ccccc2)C(=O)[C@H]13. The van der Waals surface area contributed by atoms with Crippen molar-refractivity contribution in [2.45, 2.75) is 56.5 Å². The zero-order valence-electron chi connectivity index (χ0n) is 20.3. The lowest BCUT2D eigenvalue weighted by molar-refractivity contribution is -0.156. The second-order valence-electron chi connectivity index (χ2n) is 9.70. The number of ether oxygens (including phenoxy) is 2. The van der Waals surface area contributed by atoms with Gasteiger partial charge in [-0.2, -0.15) is 0 Å². The van der Waals surface area contributed by atoms with Gasteiger partial charge in [-0.15, -0.1) is 6.58 Å². The average molecular weight is 483 g/mol. The highest BCUT2D eigenvalue weighted by Gasteiger charge is 2.75. The third kappa shape index (κ3) is 3.98. The van der Waals surface area contributed by atoms with E-state index in [1.54, 1.807) is 11.0 Å². The third-order valence-electron chi connectivity index (χ3n) is 7.51. The van der Waals surface area contributed by atoms with Crippen LogP contribution in [0.2, 0.25) is 0 Å². The predicted octanol–water partition coefficient (Wildman–Crippen LogP) is 2.25. The van der Waals surface area contributed by atoms with Crippen LogP contribution in [0.15, 0.2) is 55.6 Å². The van der Waals surface area contributed by atoms with Crippen molar-refractivity contribution in [2.24, 2.45) is 11.8 Å². The molecule has 2 amide bonds. The van der Waals surface area contributed by atoms with E-state index >= 15 is 0 Å². The van der Waals surface area contributed by atoms with Gasteiger partial charge in [-0.05, 0) is 32.3 Å². The van der Waals surface area contributed by atoms with Gasteiger partial charge in [-0.3, -0.25) is 14.4 Å². The molecule has 1 aromatic carbocycles. The number of hydrogen-bond donors (Lipinski definition) is 1. The van der Waals surface area contributed by atoms with Crippen molar-refractivity contribution in [2.75, 3.05) is 19.8 Å². The Labute approximate surface area is 206 Å². The van der Waals surface area contributed by atoms with E-state index < -0.39 is 41.6 Å². The van der Waals surface area contributed by atoms with Gasteiger partial charge in [0.25, 0.3) is 0 Å². The Hall–Kier alpha value is -2.97. The van der Waals surface area contributed by atoms with E-state index in [-0.39, 0.29) is 31.1 Å². The summed E-state index contributed by atoms with van der Waals surface area (Å²) in [6.45, 7) is 11.1. The van der Waals surface area contributed by atoms with Crippen molar-refractivity contribution >= 4 is 17.8 Å². The Morgan fingerprint density at radius 2 is 2.00 bits per heavy atom. The minimum Gasteiger partial charge on any atom is -0.461 e. The molecule has 1 N–H and O–H groups in total. The molecule has 6 atom stereocenters. The van der Waals surface area contributed by atoms with Crippen molar-refractivity contribution in [1.29, 1.82) is 0 Å². The van der Waals surface area contributed by atoms with E-state index in [2.05, 4.69) is 13.2 Å². The van der Waals surface area contributed by atoms with Crippen LogP contribution >= 0.6 is 0 Å². The molecule has 3 heterocycles. The summed E-state index contributed by atoms with van der Waals surface area (Å²) in [7, 11) is 0. The van der Waals surface area contributed by atoms with Gasteiger partial charge in [0.15, 0.2) is 0 Å². The molecule has 0 aliphatic carbocycles. The van der Waals surface area contributed by atoms with Crippen molar-refractivity contribution in [3.8, 4) is 0 Å². The number of hydrogen-bond acceptors (Lipinski definition) is 6. The van der Waals surface area contributed by atoms with Gasteiger partial charge >= 0.3 is 5.97 Å². The third-order valence-corrected chi connectivity index (χ3v) is 7.51. The first kappa shape index (κ1) is 25.1. The van der Waals surface area contributed by atoms with Gasteiger partial charge in [0.1, 0.15) is 18.2 Å². The molecule has 0 radical (unpaired) electrons. The Balaban J connectivity index is 1.82. The molecule has 0 aromatic heterocycles. The van der Waals surface area contributed by atoms with Gasteiger partial charge in [-0.25, -0.2) is 0 Å².